The van der Waals surface area contributed by atoms with E-state index in [1.807, 2.05) is 42.5 Å². The van der Waals surface area contributed by atoms with Crippen molar-refractivity contribution in [1.82, 2.24) is 5.01 Å². The molecule has 0 aliphatic rings. The predicted molar refractivity (Wildman–Crippen MR) is 120 cm³/mol. The second-order valence-electron chi connectivity index (χ2n) is 7.94. The van der Waals surface area contributed by atoms with E-state index in [1.165, 1.54) is 5.01 Å². The molecule has 6 nitrogen and oxygen atoms in total. The van der Waals surface area contributed by atoms with E-state index in [0.29, 0.717) is 23.6 Å². The zero-order valence-electron chi connectivity index (χ0n) is 18.3. The number of nitrogens with zero attached hydrogens (tertiary/aromatic N) is 2. The number of methoxy groups -OCH3 is 1. The normalized spacial score (nSPS) is 12.1. The van der Waals surface area contributed by atoms with E-state index in [-0.39, 0.29) is 0 Å². The zero-order valence-corrected chi connectivity index (χ0v) is 19.1. The molecule has 7 heteroatoms. The number of hydrogen-bond donors (Lipinski definition) is 0. The van der Waals surface area contributed by atoms with Crippen LogP contribution in [0.4, 0.5) is 10.5 Å². The van der Waals surface area contributed by atoms with Crippen molar-refractivity contribution in [3.05, 3.63) is 48.0 Å². The molecule has 0 fully saturated rings. The SMILES string of the molecule is COc1ccc(N(C)N(C(=O)OC(C)(C)C)[C@@H](C)C=O)cc1-c1cccc(CCl)c1. The van der Waals surface area contributed by atoms with Gasteiger partial charge in [-0.15, -0.1) is 11.6 Å². The summed E-state index contributed by atoms with van der Waals surface area (Å²) in [6.07, 6.45) is 0.0977. The van der Waals surface area contributed by atoms with Crippen molar-refractivity contribution in [3.63, 3.8) is 0 Å². The number of carbonyl (C=O) groups excluding carboxylic acids is 2. The van der Waals surface area contributed by atoms with Crippen LogP contribution in [0.3, 0.4) is 0 Å². The Balaban J connectivity index is 2.49. The van der Waals surface area contributed by atoms with Crippen LogP contribution in [0.25, 0.3) is 11.1 Å². The molecule has 2 aromatic rings. The Labute approximate surface area is 183 Å². The van der Waals surface area contributed by atoms with Crippen LogP contribution in [0.5, 0.6) is 5.75 Å². The highest BCUT2D eigenvalue weighted by Gasteiger charge is 2.30. The monoisotopic (exact) mass is 432 g/mol. The first-order chi connectivity index (χ1) is 14.1. The number of hydrogen-bond acceptors (Lipinski definition) is 5. The van der Waals surface area contributed by atoms with Crippen molar-refractivity contribution in [1.29, 1.82) is 0 Å². The third-order valence-electron chi connectivity index (χ3n) is 4.44. The number of hydrazine groups is 1. The van der Waals surface area contributed by atoms with E-state index in [9.17, 15) is 9.59 Å². The number of alkyl halides is 1. The summed E-state index contributed by atoms with van der Waals surface area (Å²) in [6.45, 7) is 6.99. The van der Waals surface area contributed by atoms with Crippen LogP contribution < -0.4 is 9.75 Å². The maximum atomic E-state index is 12.8. The largest absolute Gasteiger partial charge is 0.496 e. The number of ether oxygens (including phenoxy) is 2. The topological polar surface area (TPSA) is 59.1 Å². The first kappa shape index (κ1) is 23.5. The average molecular weight is 433 g/mol. The van der Waals surface area contributed by atoms with Crippen molar-refractivity contribution in [3.8, 4) is 16.9 Å². The van der Waals surface area contributed by atoms with Gasteiger partial charge in [0.15, 0.2) is 0 Å². The fourth-order valence-electron chi connectivity index (χ4n) is 3.00. The van der Waals surface area contributed by atoms with Crippen molar-refractivity contribution in [2.45, 2.75) is 45.2 Å². The molecule has 0 aliphatic heterocycles. The maximum Gasteiger partial charge on any atom is 0.429 e. The first-order valence-electron chi connectivity index (χ1n) is 9.65. The van der Waals surface area contributed by atoms with Crippen LogP contribution in [0.15, 0.2) is 42.5 Å². The Bertz CT molecular complexity index is 895. The molecular formula is C23H29ClN2O4. The van der Waals surface area contributed by atoms with Crippen LogP contribution in [-0.2, 0) is 15.4 Å². The van der Waals surface area contributed by atoms with E-state index in [1.54, 1.807) is 46.9 Å². The van der Waals surface area contributed by atoms with Gasteiger partial charge in [0.2, 0.25) is 0 Å². The molecule has 0 N–H and O–H groups in total. The van der Waals surface area contributed by atoms with E-state index in [4.69, 9.17) is 21.1 Å². The highest BCUT2D eigenvalue weighted by atomic mass is 35.5. The third-order valence-corrected chi connectivity index (χ3v) is 4.74. The van der Waals surface area contributed by atoms with Gasteiger partial charge in [0.1, 0.15) is 23.7 Å². The fourth-order valence-corrected chi connectivity index (χ4v) is 3.16. The van der Waals surface area contributed by atoms with Gasteiger partial charge in [-0.2, -0.15) is 0 Å². The van der Waals surface area contributed by atoms with Gasteiger partial charge in [0.05, 0.1) is 12.8 Å². The van der Waals surface area contributed by atoms with Gasteiger partial charge in [0.25, 0.3) is 0 Å². The smallest absolute Gasteiger partial charge is 0.429 e. The molecule has 0 bridgehead atoms. The molecule has 30 heavy (non-hydrogen) atoms. The highest BCUT2D eigenvalue weighted by Crippen LogP contribution is 2.35. The number of benzene rings is 2. The van der Waals surface area contributed by atoms with Gasteiger partial charge in [-0.05, 0) is 63.1 Å². The average Bonchev–Trinajstić information content (AvgIpc) is 2.71. The minimum Gasteiger partial charge on any atom is -0.496 e. The standard InChI is InChI=1S/C23H29ClN2O4/c1-16(15-27)26(22(28)30-23(2,3)4)25(5)19-10-11-21(29-6)20(13-19)18-9-7-8-17(12-18)14-24/h7-13,15-16H,14H2,1-6H3/t16-/m0/s1. The molecule has 0 unspecified atom stereocenters. The molecule has 0 aromatic heterocycles. The molecule has 0 saturated carbocycles. The molecular weight excluding hydrogens is 404 g/mol. The van der Waals surface area contributed by atoms with Gasteiger partial charge in [-0.3, -0.25) is 5.01 Å². The molecule has 1 atom stereocenters. The van der Waals surface area contributed by atoms with Gasteiger partial charge < -0.3 is 14.3 Å². The van der Waals surface area contributed by atoms with Crippen molar-refractivity contribution in [2.24, 2.45) is 0 Å². The molecule has 0 aliphatic carbocycles. The lowest BCUT2D eigenvalue weighted by Crippen LogP contribution is -2.52. The Morgan fingerprint density at radius 2 is 1.90 bits per heavy atom. The van der Waals surface area contributed by atoms with Crippen LogP contribution in [-0.4, -0.2) is 43.2 Å². The Hall–Kier alpha value is -2.73. The number of amides is 1. The Morgan fingerprint density at radius 3 is 2.47 bits per heavy atom. The highest BCUT2D eigenvalue weighted by molar-refractivity contribution is 6.17. The van der Waals surface area contributed by atoms with Gasteiger partial charge in [-0.25, -0.2) is 9.80 Å². The summed E-state index contributed by atoms with van der Waals surface area (Å²) in [5.41, 5.74) is 2.78. The van der Waals surface area contributed by atoms with Gasteiger partial charge >= 0.3 is 6.09 Å². The molecule has 2 rings (SSSR count). The molecule has 0 spiro atoms. The summed E-state index contributed by atoms with van der Waals surface area (Å²) in [5, 5.41) is 2.90. The minimum atomic E-state index is -0.713. The molecule has 0 radical (unpaired) electrons. The predicted octanol–water partition coefficient (Wildman–Crippen LogP) is 5.28. The summed E-state index contributed by atoms with van der Waals surface area (Å²) in [7, 11) is 3.32. The van der Waals surface area contributed by atoms with Crippen LogP contribution in [0, 0.1) is 0 Å². The Kier molecular flexibility index (Phi) is 7.73. The number of anilines is 1. The molecule has 2 aromatic carbocycles. The lowest BCUT2D eigenvalue weighted by Gasteiger charge is -2.37. The molecule has 0 heterocycles. The number of aldehydes is 1. The minimum absolute atomic E-state index is 0.402. The third kappa shape index (κ3) is 5.66. The quantitative estimate of drug-likeness (QED) is 0.338. The van der Waals surface area contributed by atoms with Crippen LogP contribution in [0.2, 0.25) is 0 Å². The van der Waals surface area contributed by atoms with Crippen molar-refractivity contribution >= 4 is 29.7 Å². The van der Waals surface area contributed by atoms with E-state index in [0.717, 1.165) is 16.7 Å². The summed E-state index contributed by atoms with van der Waals surface area (Å²) in [4.78, 5) is 24.3. The van der Waals surface area contributed by atoms with Crippen LogP contribution in [0.1, 0.15) is 33.3 Å². The summed E-state index contributed by atoms with van der Waals surface area (Å²) < 4.78 is 11.0. The van der Waals surface area contributed by atoms with Crippen molar-refractivity contribution in [2.75, 3.05) is 19.2 Å². The van der Waals surface area contributed by atoms with E-state index in [2.05, 4.69) is 0 Å². The van der Waals surface area contributed by atoms with Crippen LogP contribution >= 0.6 is 11.6 Å². The summed E-state index contributed by atoms with van der Waals surface area (Å²) >= 11 is 5.99. The lowest BCUT2D eigenvalue weighted by atomic mass is 10.0. The molecule has 162 valence electrons. The van der Waals surface area contributed by atoms with Gasteiger partial charge in [0, 0.05) is 18.5 Å². The maximum absolute atomic E-state index is 12.8. The zero-order chi connectivity index (χ0) is 22.5. The second kappa shape index (κ2) is 9.85. The van der Waals surface area contributed by atoms with E-state index >= 15 is 0 Å². The molecule has 1 amide bonds. The summed E-state index contributed by atoms with van der Waals surface area (Å²) in [5.74, 6) is 1.09. The van der Waals surface area contributed by atoms with Gasteiger partial charge in [-0.1, -0.05) is 18.2 Å². The number of rotatable bonds is 7. The fraction of sp³-hybridized carbons (Fsp3) is 0.391. The summed E-state index contributed by atoms with van der Waals surface area (Å²) in [6, 6.07) is 12.7. The first-order valence-corrected chi connectivity index (χ1v) is 10.2. The Morgan fingerprint density at radius 1 is 1.20 bits per heavy atom. The number of carbonyl (C=O) groups is 2. The second-order valence-corrected chi connectivity index (χ2v) is 8.21. The lowest BCUT2D eigenvalue weighted by molar-refractivity contribution is -0.112. The molecule has 0 saturated heterocycles. The number of halogens is 1. The van der Waals surface area contributed by atoms with E-state index < -0.39 is 17.7 Å². The van der Waals surface area contributed by atoms with Crippen molar-refractivity contribution < 1.29 is 19.1 Å².